The summed E-state index contributed by atoms with van der Waals surface area (Å²) in [5, 5.41) is 12.1. The molecular weight excluding hydrogens is 401 g/mol. The molecule has 0 saturated heterocycles. The smallest absolute Gasteiger partial charge is 0.419 e. The van der Waals surface area contributed by atoms with Crippen LogP contribution in [0.5, 0.6) is 5.88 Å². The van der Waals surface area contributed by atoms with E-state index in [0.29, 0.717) is 5.69 Å². The van der Waals surface area contributed by atoms with Gasteiger partial charge in [-0.25, -0.2) is 4.98 Å². The number of amides is 1. The molecule has 3 aromatic rings. The first-order valence-electron chi connectivity index (χ1n) is 8.73. The summed E-state index contributed by atoms with van der Waals surface area (Å²) in [5.41, 5.74) is -0.382. The highest BCUT2D eigenvalue weighted by Gasteiger charge is 2.34. The fraction of sp³-hybridized carbons (Fsp3) is 0.211. The van der Waals surface area contributed by atoms with E-state index in [2.05, 4.69) is 26.0 Å². The van der Waals surface area contributed by atoms with Crippen LogP contribution in [0.3, 0.4) is 0 Å². The van der Waals surface area contributed by atoms with Gasteiger partial charge in [0.25, 0.3) is 11.8 Å². The Hall–Kier alpha value is -3.76. The maximum Gasteiger partial charge on any atom is 0.419 e. The number of benzene rings is 1. The highest BCUT2D eigenvalue weighted by molar-refractivity contribution is 6.00. The first kappa shape index (κ1) is 21.0. The van der Waals surface area contributed by atoms with Crippen molar-refractivity contribution in [3.8, 4) is 5.88 Å². The van der Waals surface area contributed by atoms with E-state index in [-0.39, 0.29) is 28.6 Å². The van der Waals surface area contributed by atoms with E-state index in [0.717, 1.165) is 6.20 Å². The number of hydrogen-bond donors (Lipinski definition) is 3. The van der Waals surface area contributed by atoms with Crippen molar-refractivity contribution >= 4 is 28.8 Å². The third-order valence-corrected chi connectivity index (χ3v) is 4.13. The van der Waals surface area contributed by atoms with E-state index in [1.54, 1.807) is 25.4 Å². The SMILES string of the molecule is CNC(=O)c1ccccc1Nc1cc(Nc2cn(C)nc2OC)ncc1C(F)(F)F. The van der Waals surface area contributed by atoms with Crippen molar-refractivity contribution in [1.82, 2.24) is 20.1 Å². The first-order chi connectivity index (χ1) is 14.2. The number of anilines is 4. The number of aryl methyl sites for hydroxylation is 1. The van der Waals surface area contributed by atoms with Crippen LogP contribution in [0.4, 0.5) is 36.1 Å². The summed E-state index contributed by atoms with van der Waals surface area (Å²) in [6.07, 6.45) is -2.33. The molecule has 0 aliphatic carbocycles. The van der Waals surface area contributed by atoms with Crippen LogP contribution in [0.15, 0.2) is 42.7 Å². The molecule has 0 fully saturated rings. The molecular formula is C19H19F3N6O2. The number of para-hydroxylation sites is 1. The number of methoxy groups -OCH3 is 1. The van der Waals surface area contributed by atoms with Crippen LogP contribution >= 0.6 is 0 Å². The predicted octanol–water partition coefficient (Wildman–Crippen LogP) is 3.69. The van der Waals surface area contributed by atoms with E-state index in [1.165, 1.54) is 37.0 Å². The molecule has 0 unspecified atom stereocenters. The van der Waals surface area contributed by atoms with Gasteiger partial charge in [-0.3, -0.25) is 9.48 Å². The second kappa shape index (κ2) is 8.31. The number of carbonyl (C=O) groups is 1. The minimum atomic E-state index is -4.65. The van der Waals surface area contributed by atoms with Gasteiger partial charge in [-0.1, -0.05) is 12.1 Å². The number of ether oxygens (including phenoxy) is 1. The van der Waals surface area contributed by atoms with Crippen LogP contribution in [0.2, 0.25) is 0 Å². The van der Waals surface area contributed by atoms with Gasteiger partial charge in [0.2, 0.25) is 0 Å². The molecule has 0 atom stereocenters. The van der Waals surface area contributed by atoms with Crippen molar-refractivity contribution in [1.29, 1.82) is 0 Å². The van der Waals surface area contributed by atoms with Gasteiger partial charge in [0.05, 0.1) is 35.8 Å². The zero-order valence-electron chi connectivity index (χ0n) is 16.3. The van der Waals surface area contributed by atoms with Gasteiger partial charge in [-0.15, -0.1) is 5.10 Å². The number of aromatic nitrogens is 3. The Kier molecular flexibility index (Phi) is 5.81. The number of halogens is 3. The fourth-order valence-electron chi connectivity index (χ4n) is 2.77. The lowest BCUT2D eigenvalue weighted by atomic mass is 10.1. The number of hydrogen-bond acceptors (Lipinski definition) is 6. The molecule has 1 amide bonds. The van der Waals surface area contributed by atoms with Crippen molar-refractivity contribution in [2.45, 2.75) is 6.18 Å². The normalized spacial score (nSPS) is 11.1. The van der Waals surface area contributed by atoms with Crippen molar-refractivity contribution < 1.29 is 22.7 Å². The van der Waals surface area contributed by atoms with Gasteiger partial charge in [0.1, 0.15) is 11.5 Å². The molecule has 2 heterocycles. The number of rotatable bonds is 6. The highest BCUT2D eigenvalue weighted by atomic mass is 19.4. The van der Waals surface area contributed by atoms with E-state index >= 15 is 0 Å². The van der Waals surface area contributed by atoms with Crippen LogP contribution < -0.4 is 20.7 Å². The Labute approximate surface area is 170 Å². The molecule has 2 aromatic heterocycles. The number of nitrogens with one attached hydrogen (secondary N) is 3. The van der Waals surface area contributed by atoms with Gasteiger partial charge >= 0.3 is 6.18 Å². The number of alkyl halides is 3. The first-order valence-corrected chi connectivity index (χ1v) is 8.73. The van der Waals surface area contributed by atoms with Crippen molar-refractivity contribution in [3.63, 3.8) is 0 Å². The second-order valence-corrected chi connectivity index (χ2v) is 6.21. The monoisotopic (exact) mass is 420 g/mol. The lowest BCUT2D eigenvalue weighted by Crippen LogP contribution is -2.19. The molecule has 0 saturated carbocycles. The highest BCUT2D eigenvalue weighted by Crippen LogP contribution is 2.38. The zero-order chi connectivity index (χ0) is 21.9. The molecule has 0 bridgehead atoms. The Balaban J connectivity index is 2.02. The molecule has 0 spiro atoms. The topological polar surface area (TPSA) is 93.1 Å². The molecule has 11 heteroatoms. The van der Waals surface area contributed by atoms with E-state index < -0.39 is 17.6 Å². The van der Waals surface area contributed by atoms with Gasteiger partial charge in [0, 0.05) is 26.4 Å². The lowest BCUT2D eigenvalue weighted by Gasteiger charge is -2.17. The second-order valence-electron chi connectivity index (χ2n) is 6.21. The minimum Gasteiger partial charge on any atom is -0.478 e. The standard InChI is InChI=1S/C19H19F3N6O2/c1-23-17(29)11-6-4-5-7-13(11)25-14-8-16(24-9-12(14)19(20,21)22)26-15-10-28(2)27-18(15)30-3/h4-10H,1-3H3,(H,23,29)(H2,24,25,26). The summed E-state index contributed by atoms with van der Waals surface area (Å²) >= 11 is 0. The van der Waals surface area contributed by atoms with Crippen LogP contribution in [-0.4, -0.2) is 34.8 Å². The van der Waals surface area contributed by atoms with E-state index in [4.69, 9.17) is 4.74 Å². The quantitative estimate of drug-likeness (QED) is 0.563. The molecule has 0 aliphatic heterocycles. The van der Waals surface area contributed by atoms with Crippen molar-refractivity contribution in [2.75, 3.05) is 24.8 Å². The summed E-state index contributed by atoms with van der Waals surface area (Å²) in [4.78, 5) is 15.9. The Morgan fingerprint density at radius 2 is 1.87 bits per heavy atom. The molecule has 3 rings (SSSR count). The Bertz CT molecular complexity index is 1060. The minimum absolute atomic E-state index is 0.134. The Morgan fingerprint density at radius 1 is 1.13 bits per heavy atom. The maximum absolute atomic E-state index is 13.5. The van der Waals surface area contributed by atoms with Crippen LogP contribution in [-0.2, 0) is 13.2 Å². The van der Waals surface area contributed by atoms with Crippen LogP contribution in [0.1, 0.15) is 15.9 Å². The van der Waals surface area contributed by atoms with E-state index in [1.807, 2.05) is 0 Å². The van der Waals surface area contributed by atoms with E-state index in [9.17, 15) is 18.0 Å². The zero-order valence-corrected chi connectivity index (χ0v) is 16.3. The average Bonchev–Trinajstić information content (AvgIpc) is 3.06. The molecule has 158 valence electrons. The van der Waals surface area contributed by atoms with Crippen LogP contribution in [0, 0.1) is 0 Å². The van der Waals surface area contributed by atoms with Gasteiger partial charge in [0.15, 0.2) is 0 Å². The summed E-state index contributed by atoms with van der Waals surface area (Å²) < 4.78 is 47.3. The Morgan fingerprint density at radius 3 is 2.53 bits per heavy atom. The molecule has 0 radical (unpaired) electrons. The summed E-state index contributed by atoms with van der Waals surface area (Å²) in [5.74, 6) is -0.0351. The maximum atomic E-state index is 13.5. The third kappa shape index (κ3) is 4.45. The van der Waals surface area contributed by atoms with Gasteiger partial charge in [-0.05, 0) is 12.1 Å². The van der Waals surface area contributed by atoms with Gasteiger partial charge < -0.3 is 20.7 Å². The largest absolute Gasteiger partial charge is 0.478 e. The lowest BCUT2D eigenvalue weighted by molar-refractivity contribution is -0.137. The molecule has 3 N–H and O–H groups in total. The molecule has 1 aromatic carbocycles. The molecule has 30 heavy (non-hydrogen) atoms. The number of nitrogens with zero attached hydrogens (tertiary/aromatic N) is 3. The van der Waals surface area contributed by atoms with Crippen molar-refractivity contribution in [2.24, 2.45) is 7.05 Å². The summed E-state index contributed by atoms with van der Waals surface area (Å²) in [6.45, 7) is 0. The fourth-order valence-corrected chi connectivity index (χ4v) is 2.77. The van der Waals surface area contributed by atoms with Crippen molar-refractivity contribution in [3.05, 3.63) is 53.9 Å². The summed E-state index contributed by atoms with van der Waals surface area (Å²) in [7, 11) is 4.54. The predicted molar refractivity (Wildman–Crippen MR) is 105 cm³/mol. The average molecular weight is 420 g/mol. The molecule has 0 aliphatic rings. The summed E-state index contributed by atoms with van der Waals surface area (Å²) in [6, 6.07) is 7.46. The third-order valence-electron chi connectivity index (χ3n) is 4.13. The van der Waals surface area contributed by atoms with Gasteiger partial charge in [-0.2, -0.15) is 13.2 Å². The number of pyridine rings is 1. The number of carbonyl (C=O) groups excluding carboxylic acids is 1. The molecule has 8 nitrogen and oxygen atoms in total. The van der Waals surface area contributed by atoms with Crippen LogP contribution in [0.25, 0.3) is 0 Å².